The molecule has 6 nitrogen and oxygen atoms in total. The number of halogens is 1. The maximum absolute atomic E-state index is 14.7. The Balaban J connectivity index is 1.22. The molecule has 7 heteroatoms. The third-order valence-electron chi connectivity index (χ3n) is 7.55. The summed E-state index contributed by atoms with van der Waals surface area (Å²) in [4.78, 5) is 12.8. The van der Waals surface area contributed by atoms with Crippen LogP contribution >= 0.6 is 0 Å². The molecular formula is C23H28FN5O. The fourth-order valence-corrected chi connectivity index (χ4v) is 5.97. The monoisotopic (exact) mass is 409 g/mol. The van der Waals surface area contributed by atoms with E-state index in [9.17, 15) is 14.4 Å². The van der Waals surface area contributed by atoms with Crippen LogP contribution < -0.4 is 16.1 Å². The van der Waals surface area contributed by atoms with Crippen molar-refractivity contribution in [3.05, 3.63) is 41.3 Å². The lowest BCUT2D eigenvalue weighted by molar-refractivity contribution is -0.124. The molecule has 2 aliphatic carbocycles. The van der Waals surface area contributed by atoms with Gasteiger partial charge in [-0.05, 0) is 59.8 Å². The molecule has 1 amide bonds. The largest absolute Gasteiger partial charge is 0.339 e. The summed E-state index contributed by atoms with van der Waals surface area (Å²) >= 11 is 0. The SMILES string of the molecule is CCN1C=C(c2ccc(C[C@@H](C#N)NC(=O)C3NC4CC3C3C4[C@H]3C)c(F)c2)CN1. The van der Waals surface area contributed by atoms with Crippen LogP contribution in [0.15, 0.2) is 24.4 Å². The molecule has 5 unspecified atom stereocenters. The van der Waals surface area contributed by atoms with Crippen LogP contribution in [-0.2, 0) is 11.2 Å². The molecule has 2 aliphatic heterocycles. The van der Waals surface area contributed by atoms with Crippen LogP contribution in [0, 0.1) is 40.8 Å². The van der Waals surface area contributed by atoms with E-state index in [1.54, 1.807) is 6.07 Å². The first-order valence-electron chi connectivity index (χ1n) is 11.0. The van der Waals surface area contributed by atoms with Gasteiger partial charge in [-0.1, -0.05) is 19.1 Å². The molecule has 5 rings (SSSR count). The summed E-state index contributed by atoms with van der Waals surface area (Å²) in [5.74, 6) is 2.00. The highest BCUT2D eigenvalue weighted by atomic mass is 19.1. The van der Waals surface area contributed by atoms with Crippen molar-refractivity contribution in [2.24, 2.45) is 23.7 Å². The molecule has 1 aromatic carbocycles. The van der Waals surface area contributed by atoms with Crippen molar-refractivity contribution in [2.45, 2.75) is 44.8 Å². The highest BCUT2D eigenvalue weighted by Crippen LogP contribution is 2.64. The Morgan fingerprint density at radius 1 is 1.43 bits per heavy atom. The number of nitrogens with zero attached hydrogens (tertiary/aromatic N) is 2. The molecule has 0 radical (unpaired) electrons. The van der Waals surface area contributed by atoms with E-state index in [4.69, 9.17) is 0 Å². The third kappa shape index (κ3) is 3.19. The van der Waals surface area contributed by atoms with Crippen LogP contribution in [0.4, 0.5) is 4.39 Å². The van der Waals surface area contributed by atoms with Crippen molar-refractivity contribution >= 4 is 11.5 Å². The Labute approximate surface area is 176 Å². The van der Waals surface area contributed by atoms with Gasteiger partial charge in [0.05, 0.1) is 12.1 Å². The van der Waals surface area contributed by atoms with Gasteiger partial charge in [-0.25, -0.2) is 9.82 Å². The Bertz CT molecular complexity index is 938. The van der Waals surface area contributed by atoms with Gasteiger partial charge in [-0.15, -0.1) is 0 Å². The van der Waals surface area contributed by atoms with Gasteiger partial charge in [0.1, 0.15) is 11.9 Å². The summed E-state index contributed by atoms with van der Waals surface area (Å²) in [6.07, 6.45) is 3.21. The summed E-state index contributed by atoms with van der Waals surface area (Å²) < 4.78 is 14.7. The average Bonchev–Trinajstić information content (AvgIpc) is 3.18. The molecule has 1 saturated heterocycles. The van der Waals surface area contributed by atoms with Crippen molar-refractivity contribution in [3.8, 4) is 6.07 Å². The van der Waals surface area contributed by atoms with E-state index in [2.05, 4.69) is 29.1 Å². The lowest BCUT2D eigenvalue weighted by atomic mass is 9.94. The minimum absolute atomic E-state index is 0.120. The smallest absolute Gasteiger partial charge is 0.238 e. The number of hydrogen-bond acceptors (Lipinski definition) is 5. The molecule has 1 aromatic rings. The fraction of sp³-hybridized carbons (Fsp3) is 0.565. The van der Waals surface area contributed by atoms with Gasteiger partial charge in [0.25, 0.3) is 0 Å². The van der Waals surface area contributed by atoms with Crippen LogP contribution in [0.5, 0.6) is 0 Å². The normalized spacial score (nSPS) is 34.3. The van der Waals surface area contributed by atoms with Crippen LogP contribution in [0.2, 0.25) is 0 Å². The molecule has 3 N–H and O–H groups in total. The van der Waals surface area contributed by atoms with E-state index in [0.29, 0.717) is 35.9 Å². The number of carbonyl (C=O) groups is 1. The summed E-state index contributed by atoms with van der Waals surface area (Å²) in [5.41, 5.74) is 5.53. The molecular weight excluding hydrogens is 381 g/mol. The van der Waals surface area contributed by atoms with Gasteiger partial charge in [-0.3, -0.25) is 4.79 Å². The predicted octanol–water partition coefficient (Wildman–Crippen LogP) is 1.80. The lowest BCUT2D eigenvalue weighted by Crippen LogP contribution is -2.51. The summed E-state index contributed by atoms with van der Waals surface area (Å²) in [6, 6.07) is 6.75. The number of rotatable bonds is 6. The quantitative estimate of drug-likeness (QED) is 0.668. The van der Waals surface area contributed by atoms with E-state index in [1.165, 1.54) is 6.07 Å². The first-order chi connectivity index (χ1) is 14.5. The molecule has 3 fully saturated rings. The minimum Gasteiger partial charge on any atom is -0.339 e. The average molecular weight is 410 g/mol. The van der Waals surface area contributed by atoms with Gasteiger partial charge in [0, 0.05) is 31.8 Å². The molecule has 0 spiro atoms. The van der Waals surface area contributed by atoms with E-state index in [1.807, 2.05) is 24.2 Å². The van der Waals surface area contributed by atoms with Crippen LogP contribution in [-0.4, -0.2) is 42.1 Å². The number of piperidine rings is 1. The third-order valence-corrected chi connectivity index (χ3v) is 7.55. The number of fused-ring (bicyclic) bond motifs is 5. The molecule has 2 saturated carbocycles. The van der Waals surface area contributed by atoms with Crippen LogP contribution in [0.3, 0.4) is 0 Å². The van der Waals surface area contributed by atoms with Gasteiger partial charge >= 0.3 is 0 Å². The molecule has 4 aliphatic rings. The number of hydrogen-bond donors (Lipinski definition) is 3. The highest BCUT2D eigenvalue weighted by Gasteiger charge is 2.67. The predicted molar refractivity (Wildman–Crippen MR) is 111 cm³/mol. The first-order valence-corrected chi connectivity index (χ1v) is 11.0. The Kier molecular flexibility index (Phi) is 4.79. The van der Waals surface area contributed by atoms with Gasteiger partial charge in [-0.2, -0.15) is 5.26 Å². The fourth-order valence-electron chi connectivity index (χ4n) is 5.97. The Morgan fingerprint density at radius 2 is 2.27 bits per heavy atom. The molecule has 2 heterocycles. The maximum atomic E-state index is 14.7. The second-order valence-corrected chi connectivity index (χ2v) is 9.14. The van der Waals surface area contributed by atoms with E-state index in [-0.39, 0.29) is 24.2 Å². The molecule has 30 heavy (non-hydrogen) atoms. The molecule has 0 aromatic heterocycles. The van der Waals surface area contributed by atoms with E-state index >= 15 is 0 Å². The zero-order valence-corrected chi connectivity index (χ0v) is 17.4. The second-order valence-electron chi connectivity index (χ2n) is 9.14. The van der Waals surface area contributed by atoms with E-state index in [0.717, 1.165) is 30.0 Å². The van der Waals surface area contributed by atoms with Crippen LogP contribution in [0.1, 0.15) is 31.4 Å². The van der Waals surface area contributed by atoms with Crippen molar-refractivity contribution < 1.29 is 9.18 Å². The summed E-state index contributed by atoms with van der Waals surface area (Å²) in [7, 11) is 0. The Hall–Kier alpha value is -2.43. The van der Waals surface area contributed by atoms with E-state index < -0.39 is 6.04 Å². The molecule has 2 bridgehead atoms. The standard InChI is InChI=1S/C23H28FN5O/c1-3-29-11-15(10-26-29)13-4-5-14(18(24)7-13)6-16(9-25)27-23(30)22-17-8-19(28-22)21-12(2)20(17)21/h4-5,7,11-12,16-17,19-22,26,28H,3,6,8,10H2,1-2H3,(H,27,30)/t12-,16-,17?,19?,20?,21?,22?/m0/s1. The molecule has 7 atom stereocenters. The number of nitriles is 1. The minimum atomic E-state index is -0.742. The zero-order chi connectivity index (χ0) is 21.0. The van der Waals surface area contributed by atoms with Gasteiger partial charge in [0.2, 0.25) is 5.91 Å². The van der Waals surface area contributed by atoms with Crippen molar-refractivity contribution in [2.75, 3.05) is 13.1 Å². The van der Waals surface area contributed by atoms with Crippen molar-refractivity contribution in [1.82, 2.24) is 21.1 Å². The lowest BCUT2D eigenvalue weighted by Gasteiger charge is -2.23. The number of benzene rings is 1. The summed E-state index contributed by atoms with van der Waals surface area (Å²) in [6.45, 7) is 5.81. The Morgan fingerprint density at radius 3 is 2.93 bits per heavy atom. The number of carbonyl (C=O) groups excluding carboxylic acids is 1. The number of nitrogens with one attached hydrogen (secondary N) is 3. The zero-order valence-electron chi connectivity index (χ0n) is 17.4. The first kappa shape index (κ1) is 19.5. The second kappa shape index (κ2) is 7.36. The van der Waals surface area contributed by atoms with Gasteiger partial charge < -0.3 is 15.6 Å². The molecule has 158 valence electrons. The maximum Gasteiger partial charge on any atom is 0.238 e. The van der Waals surface area contributed by atoms with Crippen molar-refractivity contribution in [1.29, 1.82) is 5.26 Å². The topological polar surface area (TPSA) is 80.2 Å². The number of hydrazine groups is 1. The summed E-state index contributed by atoms with van der Waals surface area (Å²) in [5, 5.41) is 17.8. The van der Waals surface area contributed by atoms with Gasteiger partial charge in [0.15, 0.2) is 0 Å². The van der Waals surface area contributed by atoms with Crippen molar-refractivity contribution in [3.63, 3.8) is 0 Å². The highest BCUT2D eigenvalue weighted by molar-refractivity contribution is 5.83. The van der Waals surface area contributed by atoms with Crippen LogP contribution in [0.25, 0.3) is 5.57 Å². The number of amides is 1.